The van der Waals surface area contributed by atoms with Crippen LogP contribution >= 0.6 is 0 Å². The summed E-state index contributed by atoms with van der Waals surface area (Å²) in [4.78, 5) is 0. The molecule has 0 saturated heterocycles. The maximum Gasteiger partial charge on any atom is 0.315 e. The van der Waals surface area contributed by atoms with Gasteiger partial charge in [0.15, 0.2) is 0 Å². The third kappa shape index (κ3) is 3.70. The van der Waals surface area contributed by atoms with Crippen molar-refractivity contribution in [2.45, 2.75) is 39.0 Å². The molecule has 1 aliphatic carbocycles. The summed E-state index contributed by atoms with van der Waals surface area (Å²) in [5, 5.41) is 11.1. The number of hydrogen-bond acceptors (Lipinski definition) is 5. The van der Waals surface area contributed by atoms with Gasteiger partial charge in [-0.1, -0.05) is 24.9 Å². The molecule has 0 bridgehead atoms. The highest BCUT2D eigenvalue weighted by Gasteiger charge is 2.18. The number of aromatic nitrogens is 2. The van der Waals surface area contributed by atoms with Gasteiger partial charge in [0.25, 0.3) is 0 Å². The molecule has 0 radical (unpaired) electrons. The largest absolute Gasteiger partial charge is 0.408 e. The van der Waals surface area contributed by atoms with Crippen molar-refractivity contribution >= 4 is 6.01 Å². The van der Waals surface area contributed by atoms with Crippen LogP contribution in [-0.2, 0) is 6.42 Å². The Kier molecular flexibility index (Phi) is 4.36. The van der Waals surface area contributed by atoms with Gasteiger partial charge in [0.2, 0.25) is 5.89 Å². The Balaban J connectivity index is 1.73. The second kappa shape index (κ2) is 6.00. The Morgan fingerprint density at radius 2 is 2.06 bits per heavy atom. The maximum absolute atomic E-state index is 5.43. The van der Waals surface area contributed by atoms with E-state index in [1.54, 1.807) is 0 Å². The van der Waals surface area contributed by atoms with Crippen LogP contribution in [0.3, 0.4) is 0 Å². The minimum atomic E-state index is 0.534. The van der Waals surface area contributed by atoms with Crippen LogP contribution in [0, 0.1) is 11.8 Å². The molecule has 0 aliphatic heterocycles. The average Bonchev–Trinajstić information content (AvgIpc) is 2.77. The van der Waals surface area contributed by atoms with Gasteiger partial charge in [-0.25, -0.2) is 0 Å². The van der Waals surface area contributed by atoms with Crippen LogP contribution in [0.15, 0.2) is 4.42 Å². The first-order valence-corrected chi connectivity index (χ1v) is 6.54. The van der Waals surface area contributed by atoms with Gasteiger partial charge in [0.05, 0.1) is 0 Å². The Bertz CT molecular complexity index is 331. The molecule has 1 aromatic heterocycles. The van der Waals surface area contributed by atoms with Gasteiger partial charge in [-0.15, -0.1) is 5.10 Å². The van der Waals surface area contributed by atoms with Crippen LogP contribution in [0.2, 0.25) is 0 Å². The van der Waals surface area contributed by atoms with E-state index in [-0.39, 0.29) is 0 Å². The standard InChI is InChI=1S/C12H22N4O/c1-9-2-4-10(5-3-9)8-14-12-16-15-11(17-12)6-7-13/h9-10H,2-8,13H2,1H3,(H,14,16). The summed E-state index contributed by atoms with van der Waals surface area (Å²) in [6.45, 7) is 3.82. The van der Waals surface area contributed by atoms with Crippen molar-refractivity contribution in [2.75, 3.05) is 18.4 Å². The lowest BCUT2D eigenvalue weighted by molar-refractivity contribution is 0.299. The normalized spacial score (nSPS) is 24.8. The summed E-state index contributed by atoms with van der Waals surface area (Å²) < 4.78 is 5.42. The number of hydrogen-bond donors (Lipinski definition) is 2. The van der Waals surface area contributed by atoms with Crippen molar-refractivity contribution in [1.29, 1.82) is 0 Å². The molecule has 5 heteroatoms. The van der Waals surface area contributed by atoms with E-state index < -0.39 is 0 Å². The van der Waals surface area contributed by atoms with E-state index in [0.717, 1.165) is 18.4 Å². The summed E-state index contributed by atoms with van der Waals surface area (Å²) in [7, 11) is 0. The number of nitrogens with one attached hydrogen (secondary N) is 1. The molecule has 0 atom stereocenters. The second-order valence-corrected chi connectivity index (χ2v) is 5.05. The summed E-state index contributed by atoms with van der Waals surface area (Å²) in [6.07, 6.45) is 5.94. The van der Waals surface area contributed by atoms with E-state index >= 15 is 0 Å². The smallest absolute Gasteiger partial charge is 0.315 e. The highest BCUT2D eigenvalue weighted by molar-refractivity contribution is 5.16. The van der Waals surface area contributed by atoms with E-state index in [0.29, 0.717) is 24.9 Å². The molecule has 3 N–H and O–H groups in total. The van der Waals surface area contributed by atoms with Crippen LogP contribution in [0.5, 0.6) is 0 Å². The zero-order valence-corrected chi connectivity index (χ0v) is 10.5. The highest BCUT2D eigenvalue weighted by Crippen LogP contribution is 2.28. The van der Waals surface area contributed by atoms with Gasteiger partial charge < -0.3 is 15.5 Å². The Labute approximate surface area is 102 Å². The van der Waals surface area contributed by atoms with Crippen molar-refractivity contribution in [3.05, 3.63) is 5.89 Å². The molecule has 0 aromatic carbocycles. The van der Waals surface area contributed by atoms with Crippen LogP contribution < -0.4 is 11.1 Å². The van der Waals surface area contributed by atoms with E-state index in [1.807, 2.05) is 0 Å². The topological polar surface area (TPSA) is 77.0 Å². The van der Waals surface area contributed by atoms with Gasteiger partial charge in [-0.3, -0.25) is 0 Å². The minimum Gasteiger partial charge on any atom is -0.408 e. The lowest BCUT2D eigenvalue weighted by Crippen LogP contribution is -2.20. The molecule has 0 unspecified atom stereocenters. The van der Waals surface area contributed by atoms with Crippen molar-refractivity contribution in [2.24, 2.45) is 17.6 Å². The monoisotopic (exact) mass is 238 g/mol. The van der Waals surface area contributed by atoms with Crippen molar-refractivity contribution < 1.29 is 4.42 Å². The fourth-order valence-electron chi connectivity index (χ4n) is 2.31. The number of nitrogens with zero attached hydrogens (tertiary/aromatic N) is 2. The Hall–Kier alpha value is -1.10. The molecule has 17 heavy (non-hydrogen) atoms. The van der Waals surface area contributed by atoms with Crippen LogP contribution in [0.1, 0.15) is 38.5 Å². The van der Waals surface area contributed by atoms with E-state index in [2.05, 4.69) is 22.4 Å². The molecule has 2 rings (SSSR count). The number of anilines is 1. The minimum absolute atomic E-state index is 0.534. The first kappa shape index (κ1) is 12.4. The van der Waals surface area contributed by atoms with E-state index in [4.69, 9.17) is 10.2 Å². The first-order chi connectivity index (χ1) is 8.28. The summed E-state index contributed by atoms with van der Waals surface area (Å²) in [6, 6.07) is 0.534. The lowest BCUT2D eigenvalue weighted by Gasteiger charge is -2.25. The summed E-state index contributed by atoms with van der Waals surface area (Å²) in [5.41, 5.74) is 5.43. The zero-order valence-electron chi connectivity index (χ0n) is 10.5. The molecule has 1 aliphatic rings. The summed E-state index contributed by atoms with van der Waals surface area (Å²) in [5.74, 6) is 2.26. The van der Waals surface area contributed by atoms with Crippen LogP contribution in [0.4, 0.5) is 6.01 Å². The van der Waals surface area contributed by atoms with Crippen molar-refractivity contribution in [3.63, 3.8) is 0 Å². The second-order valence-electron chi connectivity index (χ2n) is 5.05. The predicted molar refractivity (Wildman–Crippen MR) is 66.7 cm³/mol. The molecular weight excluding hydrogens is 216 g/mol. The quantitative estimate of drug-likeness (QED) is 0.818. The Morgan fingerprint density at radius 1 is 1.29 bits per heavy atom. The fourth-order valence-corrected chi connectivity index (χ4v) is 2.31. The molecule has 1 saturated carbocycles. The maximum atomic E-state index is 5.43. The van der Waals surface area contributed by atoms with Gasteiger partial charge in [0.1, 0.15) is 0 Å². The molecule has 5 nitrogen and oxygen atoms in total. The van der Waals surface area contributed by atoms with Crippen LogP contribution in [-0.4, -0.2) is 23.3 Å². The van der Waals surface area contributed by atoms with Crippen LogP contribution in [0.25, 0.3) is 0 Å². The molecule has 1 heterocycles. The van der Waals surface area contributed by atoms with Gasteiger partial charge in [0, 0.05) is 19.5 Å². The SMILES string of the molecule is CC1CCC(CNc2nnc(CCN)o2)CC1. The van der Waals surface area contributed by atoms with Crippen molar-refractivity contribution in [1.82, 2.24) is 10.2 Å². The summed E-state index contributed by atoms with van der Waals surface area (Å²) >= 11 is 0. The molecule has 0 amide bonds. The molecular formula is C12H22N4O. The molecule has 0 spiro atoms. The van der Waals surface area contributed by atoms with E-state index in [1.165, 1.54) is 25.7 Å². The third-order valence-electron chi connectivity index (χ3n) is 3.50. The lowest BCUT2D eigenvalue weighted by atomic mass is 9.83. The predicted octanol–water partition coefficient (Wildman–Crippen LogP) is 1.81. The molecule has 1 aromatic rings. The molecule has 1 fully saturated rings. The zero-order chi connectivity index (χ0) is 12.1. The number of nitrogens with two attached hydrogens (primary N) is 1. The third-order valence-corrected chi connectivity index (χ3v) is 3.50. The number of rotatable bonds is 5. The fraction of sp³-hybridized carbons (Fsp3) is 0.833. The first-order valence-electron chi connectivity index (χ1n) is 6.54. The van der Waals surface area contributed by atoms with Gasteiger partial charge in [-0.2, -0.15) is 0 Å². The van der Waals surface area contributed by atoms with E-state index in [9.17, 15) is 0 Å². The van der Waals surface area contributed by atoms with Gasteiger partial charge in [-0.05, 0) is 24.7 Å². The highest BCUT2D eigenvalue weighted by atomic mass is 16.4. The van der Waals surface area contributed by atoms with Gasteiger partial charge >= 0.3 is 6.01 Å². The van der Waals surface area contributed by atoms with Crippen molar-refractivity contribution in [3.8, 4) is 0 Å². The Morgan fingerprint density at radius 3 is 2.76 bits per heavy atom. The average molecular weight is 238 g/mol. The molecule has 96 valence electrons.